The molecule has 0 saturated heterocycles. The molecule has 78 valence electrons. The fourth-order valence-corrected chi connectivity index (χ4v) is 1.35. The second kappa shape index (κ2) is 5.28. The van der Waals surface area contributed by atoms with E-state index in [1.54, 1.807) is 0 Å². The molecule has 0 amide bonds. The van der Waals surface area contributed by atoms with E-state index in [2.05, 4.69) is 51.3 Å². The zero-order valence-corrected chi connectivity index (χ0v) is 9.86. The van der Waals surface area contributed by atoms with E-state index >= 15 is 0 Å². The second-order valence-corrected chi connectivity index (χ2v) is 4.51. The van der Waals surface area contributed by atoms with Crippen molar-refractivity contribution in [2.75, 3.05) is 13.6 Å². The minimum Gasteiger partial charge on any atom is -0.389 e. The molecular weight excluding hydrogens is 160 g/mol. The summed E-state index contributed by atoms with van der Waals surface area (Å²) in [6.07, 6.45) is 2.25. The van der Waals surface area contributed by atoms with E-state index in [9.17, 15) is 0 Å². The third kappa shape index (κ3) is 4.94. The van der Waals surface area contributed by atoms with Crippen LogP contribution < -0.4 is 10.6 Å². The smallest absolute Gasteiger partial charge is 0.0315 e. The number of nitrogens with one attached hydrogen (secondary N) is 2. The lowest BCUT2D eigenvalue weighted by atomic mass is 9.86. The highest BCUT2D eigenvalue weighted by molar-refractivity contribution is 5.05. The molecule has 2 nitrogen and oxygen atoms in total. The molecule has 0 bridgehead atoms. The molecule has 0 fully saturated rings. The van der Waals surface area contributed by atoms with Crippen LogP contribution in [0, 0.1) is 5.41 Å². The lowest BCUT2D eigenvalue weighted by molar-refractivity contribution is 0.326. The highest BCUT2D eigenvalue weighted by Crippen LogP contribution is 2.20. The lowest BCUT2D eigenvalue weighted by Crippen LogP contribution is -2.37. The molecule has 2 N–H and O–H groups in total. The minimum absolute atomic E-state index is 0.269. The van der Waals surface area contributed by atoms with Crippen molar-refractivity contribution in [2.24, 2.45) is 5.41 Å². The zero-order chi connectivity index (χ0) is 10.5. The largest absolute Gasteiger partial charge is 0.389 e. The van der Waals surface area contributed by atoms with Gasteiger partial charge in [-0.2, -0.15) is 0 Å². The van der Waals surface area contributed by atoms with E-state index in [0.29, 0.717) is 6.04 Å². The van der Waals surface area contributed by atoms with E-state index in [0.717, 1.165) is 6.54 Å². The molecule has 0 aromatic heterocycles. The molecule has 1 unspecified atom stereocenters. The van der Waals surface area contributed by atoms with Crippen molar-refractivity contribution >= 4 is 0 Å². The SMILES string of the molecule is CCN/C(C)=C/C(NC)C(C)(C)C. The monoisotopic (exact) mass is 184 g/mol. The Morgan fingerprint density at radius 2 is 1.92 bits per heavy atom. The number of hydrogen-bond donors (Lipinski definition) is 2. The topological polar surface area (TPSA) is 24.1 Å². The second-order valence-electron chi connectivity index (χ2n) is 4.51. The average molecular weight is 184 g/mol. The molecule has 13 heavy (non-hydrogen) atoms. The molecule has 1 atom stereocenters. The number of likely N-dealkylation sites (N-methyl/N-ethyl adjacent to an activating group) is 1. The maximum absolute atomic E-state index is 3.31. The van der Waals surface area contributed by atoms with Crippen molar-refractivity contribution in [1.82, 2.24) is 10.6 Å². The van der Waals surface area contributed by atoms with Crippen LogP contribution in [0.15, 0.2) is 11.8 Å². The Morgan fingerprint density at radius 1 is 1.38 bits per heavy atom. The van der Waals surface area contributed by atoms with Gasteiger partial charge in [-0.05, 0) is 32.4 Å². The maximum Gasteiger partial charge on any atom is 0.0315 e. The summed E-state index contributed by atoms with van der Waals surface area (Å²) >= 11 is 0. The summed E-state index contributed by atoms with van der Waals surface area (Å²) in [6.45, 7) is 11.9. The molecular formula is C11H24N2. The third-order valence-electron chi connectivity index (χ3n) is 2.12. The lowest BCUT2D eigenvalue weighted by Gasteiger charge is -2.28. The van der Waals surface area contributed by atoms with Crippen LogP contribution in [0.3, 0.4) is 0 Å². The summed E-state index contributed by atoms with van der Waals surface area (Å²) in [7, 11) is 2.01. The Balaban J connectivity index is 4.35. The normalized spacial score (nSPS) is 15.7. The molecule has 0 spiro atoms. The van der Waals surface area contributed by atoms with Gasteiger partial charge in [0.05, 0.1) is 0 Å². The first-order valence-corrected chi connectivity index (χ1v) is 5.01. The van der Waals surface area contributed by atoms with Gasteiger partial charge in [0.15, 0.2) is 0 Å². The maximum atomic E-state index is 3.31. The number of rotatable bonds is 4. The van der Waals surface area contributed by atoms with Crippen molar-refractivity contribution in [3.05, 3.63) is 11.8 Å². The summed E-state index contributed by atoms with van der Waals surface area (Å²) in [5.74, 6) is 0. The average Bonchev–Trinajstić information content (AvgIpc) is 1.98. The molecule has 0 aliphatic carbocycles. The Hall–Kier alpha value is -0.500. The van der Waals surface area contributed by atoms with Crippen molar-refractivity contribution in [2.45, 2.75) is 40.7 Å². The fourth-order valence-electron chi connectivity index (χ4n) is 1.35. The summed E-state index contributed by atoms with van der Waals surface area (Å²) in [5.41, 5.74) is 1.52. The van der Waals surface area contributed by atoms with E-state index in [1.807, 2.05) is 7.05 Å². The Labute approximate surface area is 82.8 Å². The predicted octanol–water partition coefficient (Wildman–Crippen LogP) is 2.13. The molecule has 0 aromatic rings. The molecule has 0 radical (unpaired) electrons. The first-order chi connectivity index (χ1) is 5.91. The van der Waals surface area contributed by atoms with E-state index in [4.69, 9.17) is 0 Å². The quantitative estimate of drug-likeness (QED) is 0.699. The summed E-state index contributed by atoms with van der Waals surface area (Å²) in [5, 5.41) is 6.62. The fraction of sp³-hybridized carbons (Fsp3) is 0.818. The van der Waals surface area contributed by atoms with Crippen molar-refractivity contribution in [3.8, 4) is 0 Å². The molecule has 2 heteroatoms. The van der Waals surface area contributed by atoms with Gasteiger partial charge in [-0.25, -0.2) is 0 Å². The van der Waals surface area contributed by atoms with Gasteiger partial charge in [0.1, 0.15) is 0 Å². The first kappa shape index (κ1) is 12.5. The van der Waals surface area contributed by atoms with Gasteiger partial charge in [-0.15, -0.1) is 0 Å². The van der Waals surface area contributed by atoms with Crippen molar-refractivity contribution in [1.29, 1.82) is 0 Å². The molecule has 0 aliphatic heterocycles. The molecule has 0 rings (SSSR count). The van der Waals surface area contributed by atoms with Crippen LogP contribution >= 0.6 is 0 Å². The van der Waals surface area contributed by atoms with Crippen LogP contribution in [-0.2, 0) is 0 Å². The van der Waals surface area contributed by atoms with E-state index < -0.39 is 0 Å². The highest BCUT2D eigenvalue weighted by Gasteiger charge is 2.20. The van der Waals surface area contributed by atoms with Gasteiger partial charge in [0.2, 0.25) is 0 Å². The number of allylic oxidation sites excluding steroid dienone is 1. The summed E-state index contributed by atoms with van der Waals surface area (Å²) < 4.78 is 0. The molecule has 0 saturated carbocycles. The summed E-state index contributed by atoms with van der Waals surface area (Å²) in [4.78, 5) is 0. The van der Waals surface area contributed by atoms with Gasteiger partial charge in [0, 0.05) is 18.3 Å². The van der Waals surface area contributed by atoms with Gasteiger partial charge >= 0.3 is 0 Å². The predicted molar refractivity (Wildman–Crippen MR) is 59.7 cm³/mol. The third-order valence-corrected chi connectivity index (χ3v) is 2.12. The van der Waals surface area contributed by atoms with Gasteiger partial charge in [0.25, 0.3) is 0 Å². The molecule has 0 heterocycles. The molecule has 0 aliphatic rings. The summed E-state index contributed by atoms with van der Waals surface area (Å²) in [6, 6.07) is 0.423. The Bertz CT molecular complexity index is 165. The van der Waals surface area contributed by atoms with Crippen molar-refractivity contribution in [3.63, 3.8) is 0 Å². The Kier molecular flexibility index (Phi) is 5.07. The van der Waals surface area contributed by atoms with Crippen LogP contribution in [-0.4, -0.2) is 19.6 Å². The van der Waals surface area contributed by atoms with Crippen molar-refractivity contribution < 1.29 is 0 Å². The number of hydrogen-bond acceptors (Lipinski definition) is 2. The van der Waals surface area contributed by atoms with Gasteiger partial charge < -0.3 is 10.6 Å². The van der Waals surface area contributed by atoms with Crippen LogP contribution in [0.25, 0.3) is 0 Å². The standard InChI is InChI=1S/C11H24N2/c1-7-13-9(2)8-10(12-6)11(3,4)5/h8,10,12-13H,7H2,1-6H3/b9-8+. The van der Waals surface area contributed by atoms with Crippen LogP contribution in [0.4, 0.5) is 0 Å². The van der Waals surface area contributed by atoms with Crippen LogP contribution in [0.1, 0.15) is 34.6 Å². The van der Waals surface area contributed by atoms with Crippen LogP contribution in [0.5, 0.6) is 0 Å². The molecule has 0 aromatic carbocycles. The first-order valence-electron chi connectivity index (χ1n) is 5.01. The highest BCUT2D eigenvalue weighted by atomic mass is 14.9. The van der Waals surface area contributed by atoms with Gasteiger partial charge in [-0.3, -0.25) is 0 Å². The van der Waals surface area contributed by atoms with E-state index in [-0.39, 0.29) is 5.41 Å². The van der Waals surface area contributed by atoms with Gasteiger partial charge in [-0.1, -0.05) is 20.8 Å². The zero-order valence-electron chi connectivity index (χ0n) is 9.86. The van der Waals surface area contributed by atoms with E-state index in [1.165, 1.54) is 5.70 Å². The van der Waals surface area contributed by atoms with Crippen LogP contribution in [0.2, 0.25) is 0 Å². The Morgan fingerprint density at radius 3 is 2.23 bits per heavy atom. The minimum atomic E-state index is 0.269.